The lowest BCUT2D eigenvalue weighted by Gasteiger charge is -2.12. The summed E-state index contributed by atoms with van der Waals surface area (Å²) in [5.41, 5.74) is 0. The van der Waals surface area contributed by atoms with Crippen molar-refractivity contribution in [3.8, 4) is 11.8 Å². The van der Waals surface area contributed by atoms with E-state index in [0.717, 1.165) is 44.9 Å². The highest BCUT2D eigenvalue weighted by molar-refractivity contribution is 5.66. The number of carboxylic acids is 1. The first-order valence-electron chi connectivity index (χ1n) is 13.1. The summed E-state index contributed by atoms with van der Waals surface area (Å²) in [5, 5.41) is 18.2. The monoisotopic (exact) mass is 454 g/mol. The lowest BCUT2D eigenvalue weighted by molar-refractivity contribution is -0.137. The Labute approximate surface area is 197 Å². The Morgan fingerprint density at radius 3 is 2.03 bits per heavy atom. The molecule has 0 saturated heterocycles. The van der Waals surface area contributed by atoms with Gasteiger partial charge in [0, 0.05) is 26.6 Å². The summed E-state index contributed by atoms with van der Waals surface area (Å²) in [6.07, 6.45) is 19.4. The van der Waals surface area contributed by atoms with Crippen LogP contribution < -0.4 is 0 Å². The number of methoxy groups -OCH3 is 1. The Bertz CT molecular complexity index is 468. The van der Waals surface area contributed by atoms with Crippen LogP contribution in [0.1, 0.15) is 129 Å². The van der Waals surface area contributed by atoms with Crippen molar-refractivity contribution in [2.75, 3.05) is 13.7 Å². The molecular formula is C27H50O5. The number of aliphatic hydroxyl groups is 1. The molecule has 0 aromatic carbocycles. The van der Waals surface area contributed by atoms with Crippen molar-refractivity contribution in [3.63, 3.8) is 0 Å². The molecule has 0 aliphatic heterocycles. The number of rotatable bonds is 23. The van der Waals surface area contributed by atoms with Crippen LogP contribution in [0.4, 0.5) is 0 Å². The van der Waals surface area contributed by atoms with Gasteiger partial charge in [0.15, 0.2) is 6.29 Å². The van der Waals surface area contributed by atoms with Crippen molar-refractivity contribution in [2.45, 2.75) is 141 Å². The molecule has 0 aromatic rings. The van der Waals surface area contributed by atoms with Crippen molar-refractivity contribution < 1.29 is 24.5 Å². The highest BCUT2D eigenvalue weighted by Crippen LogP contribution is 2.12. The standard InChI is InChI=1S/C27H50O5/c1-3-4-5-6-7-8-9-10-11-12-13-15-20-25(21-17-18-22-26(28)29)32-24-19-14-16-23-27(30)31-2/h25,27,30H,3-14,16-19,21-24H2,1-2H3,(H,28,29). The topological polar surface area (TPSA) is 76.0 Å². The number of carbonyl (C=O) groups is 1. The Balaban J connectivity index is 3.95. The first-order valence-corrected chi connectivity index (χ1v) is 13.1. The summed E-state index contributed by atoms with van der Waals surface area (Å²) in [4.78, 5) is 10.7. The Hall–Kier alpha value is -1.09. The second-order valence-corrected chi connectivity index (χ2v) is 8.79. The van der Waals surface area contributed by atoms with Crippen LogP contribution in [-0.4, -0.2) is 42.3 Å². The van der Waals surface area contributed by atoms with Gasteiger partial charge >= 0.3 is 5.97 Å². The summed E-state index contributed by atoms with van der Waals surface area (Å²) in [6.45, 7) is 2.91. The molecule has 0 aromatic heterocycles. The van der Waals surface area contributed by atoms with Crippen LogP contribution in [-0.2, 0) is 14.3 Å². The molecule has 0 amide bonds. The molecule has 0 fully saturated rings. The molecule has 2 unspecified atom stereocenters. The van der Waals surface area contributed by atoms with E-state index in [-0.39, 0.29) is 12.5 Å². The number of aliphatic hydroxyl groups excluding tert-OH is 1. The predicted molar refractivity (Wildman–Crippen MR) is 132 cm³/mol. The molecule has 0 spiro atoms. The van der Waals surface area contributed by atoms with Crippen molar-refractivity contribution in [1.29, 1.82) is 0 Å². The molecule has 0 aliphatic carbocycles. The van der Waals surface area contributed by atoms with Gasteiger partial charge in [-0.1, -0.05) is 77.1 Å². The van der Waals surface area contributed by atoms with Gasteiger partial charge < -0.3 is 19.7 Å². The summed E-state index contributed by atoms with van der Waals surface area (Å²) in [7, 11) is 1.51. The van der Waals surface area contributed by atoms with E-state index in [4.69, 9.17) is 14.6 Å². The smallest absolute Gasteiger partial charge is 0.303 e. The van der Waals surface area contributed by atoms with Gasteiger partial charge in [-0.25, -0.2) is 0 Å². The van der Waals surface area contributed by atoms with E-state index in [1.165, 1.54) is 64.9 Å². The lowest BCUT2D eigenvalue weighted by Crippen LogP contribution is -2.12. The molecular weight excluding hydrogens is 404 g/mol. The second kappa shape index (κ2) is 24.6. The molecule has 0 radical (unpaired) electrons. The Kier molecular flexibility index (Phi) is 23.7. The normalized spacial score (nSPS) is 12.8. The first-order chi connectivity index (χ1) is 15.6. The van der Waals surface area contributed by atoms with Crippen LogP contribution in [0.15, 0.2) is 0 Å². The highest BCUT2D eigenvalue weighted by atomic mass is 16.6. The zero-order chi connectivity index (χ0) is 23.7. The van der Waals surface area contributed by atoms with Gasteiger partial charge in [-0.3, -0.25) is 4.79 Å². The van der Waals surface area contributed by atoms with Gasteiger partial charge in [0.1, 0.15) is 6.10 Å². The van der Waals surface area contributed by atoms with E-state index in [1.54, 1.807) is 0 Å². The number of aliphatic carboxylic acids is 1. The molecule has 0 heterocycles. The highest BCUT2D eigenvalue weighted by Gasteiger charge is 2.07. The minimum absolute atomic E-state index is 0.100. The zero-order valence-electron chi connectivity index (χ0n) is 20.9. The first kappa shape index (κ1) is 30.9. The minimum atomic E-state index is -0.743. The molecule has 0 bridgehead atoms. The number of carboxylic acid groups (broad SMARTS) is 1. The molecule has 5 nitrogen and oxygen atoms in total. The molecule has 0 aliphatic rings. The van der Waals surface area contributed by atoms with Crippen LogP contribution in [0.5, 0.6) is 0 Å². The minimum Gasteiger partial charge on any atom is -0.481 e. The lowest BCUT2D eigenvalue weighted by atomic mass is 10.1. The number of hydrogen-bond acceptors (Lipinski definition) is 4. The van der Waals surface area contributed by atoms with Gasteiger partial charge in [-0.05, 0) is 44.9 Å². The van der Waals surface area contributed by atoms with Gasteiger partial charge in [0.25, 0.3) is 0 Å². The molecule has 32 heavy (non-hydrogen) atoms. The fraction of sp³-hybridized carbons (Fsp3) is 0.889. The van der Waals surface area contributed by atoms with Crippen LogP contribution in [0.3, 0.4) is 0 Å². The van der Waals surface area contributed by atoms with Gasteiger partial charge in [-0.15, -0.1) is 5.92 Å². The quantitative estimate of drug-likeness (QED) is 0.100. The van der Waals surface area contributed by atoms with Gasteiger partial charge in [-0.2, -0.15) is 0 Å². The van der Waals surface area contributed by atoms with Crippen LogP contribution >= 0.6 is 0 Å². The van der Waals surface area contributed by atoms with E-state index in [9.17, 15) is 9.90 Å². The van der Waals surface area contributed by atoms with Crippen LogP contribution in [0.25, 0.3) is 0 Å². The van der Waals surface area contributed by atoms with Crippen molar-refractivity contribution in [1.82, 2.24) is 0 Å². The van der Waals surface area contributed by atoms with Crippen LogP contribution in [0, 0.1) is 11.8 Å². The zero-order valence-corrected chi connectivity index (χ0v) is 20.9. The fourth-order valence-electron chi connectivity index (χ4n) is 3.63. The van der Waals surface area contributed by atoms with E-state index < -0.39 is 12.3 Å². The molecule has 2 N–H and O–H groups in total. The third-order valence-corrected chi connectivity index (χ3v) is 5.71. The number of ether oxygens (including phenoxy) is 2. The van der Waals surface area contributed by atoms with E-state index in [1.807, 2.05) is 0 Å². The van der Waals surface area contributed by atoms with Crippen molar-refractivity contribution in [2.24, 2.45) is 0 Å². The molecule has 2 atom stereocenters. The molecule has 5 heteroatoms. The van der Waals surface area contributed by atoms with E-state index in [2.05, 4.69) is 18.8 Å². The second-order valence-electron chi connectivity index (χ2n) is 8.79. The van der Waals surface area contributed by atoms with Crippen molar-refractivity contribution >= 4 is 5.97 Å². The number of unbranched alkanes of at least 4 members (excludes halogenated alkanes) is 13. The predicted octanol–water partition coefficient (Wildman–Crippen LogP) is 6.86. The summed E-state index contributed by atoms with van der Waals surface area (Å²) in [5.74, 6) is 5.83. The molecule has 0 saturated carbocycles. The summed E-state index contributed by atoms with van der Waals surface area (Å²) >= 11 is 0. The molecule has 0 rings (SSSR count). The Morgan fingerprint density at radius 2 is 1.41 bits per heavy atom. The van der Waals surface area contributed by atoms with Gasteiger partial charge in [0.2, 0.25) is 0 Å². The van der Waals surface area contributed by atoms with Crippen LogP contribution in [0.2, 0.25) is 0 Å². The Morgan fingerprint density at radius 1 is 0.812 bits per heavy atom. The third kappa shape index (κ3) is 23.6. The SMILES string of the molecule is CCCCCCCCCCCCC#CC(CCCCC(=O)O)OCCCCCC(O)OC. The molecule has 188 valence electrons. The fourth-order valence-corrected chi connectivity index (χ4v) is 3.63. The summed E-state index contributed by atoms with van der Waals surface area (Å²) in [6, 6.07) is 0. The van der Waals surface area contributed by atoms with Crippen molar-refractivity contribution in [3.05, 3.63) is 0 Å². The maximum atomic E-state index is 10.7. The largest absolute Gasteiger partial charge is 0.481 e. The summed E-state index contributed by atoms with van der Waals surface area (Å²) < 4.78 is 10.8. The van der Waals surface area contributed by atoms with E-state index >= 15 is 0 Å². The third-order valence-electron chi connectivity index (χ3n) is 5.71. The average Bonchev–Trinajstić information content (AvgIpc) is 2.78. The number of hydrogen-bond donors (Lipinski definition) is 2. The maximum Gasteiger partial charge on any atom is 0.303 e. The average molecular weight is 455 g/mol. The maximum absolute atomic E-state index is 10.7. The van der Waals surface area contributed by atoms with Gasteiger partial charge in [0.05, 0.1) is 0 Å². The van der Waals surface area contributed by atoms with E-state index in [0.29, 0.717) is 19.4 Å².